The van der Waals surface area contributed by atoms with E-state index in [4.69, 9.17) is 11.5 Å². The van der Waals surface area contributed by atoms with Crippen molar-refractivity contribution in [3.8, 4) is 11.5 Å². The molecule has 5 heteroatoms. The van der Waals surface area contributed by atoms with Crippen LogP contribution in [0.15, 0.2) is 24.3 Å². The van der Waals surface area contributed by atoms with Gasteiger partial charge in [-0.1, -0.05) is 12.1 Å². The number of carbonyl (C=O) groups is 1. The van der Waals surface area contributed by atoms with Gasteiger partial charge in [-0.15, -0.1) is 0 Å². The van der Waals surface area contributed by atoms with Crippen molar-refractivity contribution in [3.63, 3.8) is 0 Å². The molecule has 2 aromatic carbocycles. The van der Waals surface area contributed by atoms with Crippen molar-refractivity contribution in [1.82, 2.24) is 0 Å². The van der Waals surface area contributed by atoms with Gasteiger partial charge in [0, 0.05) is 11.1 Å². The van der Waals surface area contributed by atoms with Crippen molar-refractivity contribution in [2.45, 2.75) is 50.4 Å². The molecule has 0 amide bonds. The Hall–Kier alpha value is -2.69. The molecular weight excluding hydrogens is 328 g/mol. The van der Waals surface area contributed by atoms with Gasteiger partial charge in [-0.2, -0.15) is 0 Å². The number of nitrogen functional groups attached to an aromatic ring is 2. The van der Waals surface area contributed by atoms with E-state index < -0.39 is 10.8 Å². The molecule has 4 rings (SSSR count). The zero-order chi connectivity index (χ0) is 18.9. The number of carbonyl (C=O) groups excluding carboxylic acids is 1. The molecule has 0 radical (unpaired) electrons. The molecule has 2 aliphatic rings. The second kappa shape index (κ2) is 5.16. The Morgan fingerprint density at radius 3 is 1.46 bits per heavy atom. The number of benzene rings is 2. The highest BCUT2D eigenvalue weighted by Gasteiger charge is 2.64. The van der Waals surface area contributed by atoms with Crippen LogP contribution in [-0.2, 0) is 15.6 Å². The normalized spacial score (nSPS) is 19.2. The number of phenolic OH excluding ortho intramolecular Hbond substituents is 2. The molecule has 26 heavy (non-hydrogen) atoms. The van der Waals surface area contributed by atoms with Crippen LogP contribution in [0.3, 0.4) is 0 Å². The molecular formula is C21H24N2O3. The second-order valence-corrected chi connectivity index (χ2v) is 7.99. The lowest BCUT2D eigenvalue weighted by atomic mass is 9.77. The molecule has 0 saturated heterocycles. The first-order valence-electron chi connectivity index (χ1n) is 8.95. The number of Topliss-reactive ketones (excluding diaryl/α,β-unsaturated/α-hetero) is 1. The Labute approximate surface area is 152 Å². The van der Waals surface area contributed by atoms with E-state index in [0.29, 0.717) is 48.2 Å². The molecule has 0 bridgehead atoms. The fourth-order valence-corrected chi connectivity index (χ4v) is 4.29. The Bertz CT molecular complexity index is 865. The zero-order valence-corrected chi connectivity index (χ0v) is 15.1. The number of rotatable bonds is 4. The number of hydrogen-bond acceptors (Lipinski definition) is 5. The number of phenols is 2. The van der Waals surface area contributed by atoms with Gasteiger partial charge < -0.3 is 21.7 Å². The molecule has 0 unspecified atom stereocenters. The summed E-state index contributed by atoms with van der Waals surface area (Å²) in [5.74, 6) is 0.0704. The lowest BCUT2D eigenvalue weighted by Crippen LogP contribution is -2.33. The first kappa shape index (κ1) is 16.8. The second-order valence-electron chi connectivity index (χ2n) is 7.99. The van der Waals surface area contributed by atoms with E-state index in [9.17, 15) is 15.0 Å². The van der Waals surface area contributed by atoms with Crippen LogP contribution in [0.2, 0.25) is 0 Å². The largest absolute Gasteiger partial charge is 0.505 e. The Morgan fingerprint density at radius 1 is 0.808 bits per heavy atom. The summed E-state index contributed by atoms with van der Waals surface area (Å²) in [5.41, 5.74) is 14.1. The van der Waals surface area contributed by atoms with Crippen molar-refractivity contribution in [2.24, 2.45) is 0 Å². The van der Waals surface area contributed by atoms with E-state index in [1.807, 2.05) is 26.0 Å². The molecule has 5 nitrogen and oxygen atoms in total. The first-order chi connectivity index (χ1) is 12.2. The Balaban J connectivity index is 1.82. The van der Waals surface area contributed by atoms with Gasteiger partial charge in [-0.25, -0.2) is 0 Å². The highest BCUT2D eigenvalue weighted by atomic mass is 16.3. The van der Waals surface area contributed by atoms with E-state index in [1.165, 1.54) is 0 Å². The van der Waals surface area contributed by atoms with Gasteiger partial charge in [-0.05, 0) is 62.8 Å². The van der Waals surface area contributed by atoms with Gasteiger partial charge in [0.05, 0.1) is 22.2 Å². The van der Waals surface area contributed by atoms with Crippen molar-refractivity contribution in [2.75, 3.05) is 11.5 Å². The highest BCUT2D eigenvalue weighted by molar-refractivity contribution is 6.04. The minimum absolute atomic E-state index is 0.00484. The van der Waals surface area contributed by atoms with Crippen LogP contribution in [0.5, 0.6) is 11.5 Å². The summed E-state index contributed by atoms with van der Waals surface area (Å²) >= 11 is 0. The average molecular weight is 352 g/mol. The quantitative estimate of drug-likeness (QED) is 0.499. The SMILES string of the molecule is Cc1cc(N)c(O)c(C2(C(=O)C3(c4cc(C)cc(N)c4O)CC3)CC2)c1. The molecule has 0 heterocycles. The van der Waals surface area contributed by atoms with Gasteiger partial charge in [0.25, 0.3) is 0 Å². The predicted octanol–water partition coefficient (Wildman–Crippen LogP) is 3.21. The van der Waals surface area contributed by atoms with Crippen LogP contribution in [-0.4, -0.2) is 16.0 Å². The van der Waals surface area contributed by atoms with Crippen molar-refractivity contribution in [3.05, 3.63) is 46.5 Å². The van der Waals surface area contributed by atoms with E-state index in [-0.39, 0.29) is 17.3 Å². The summed E-state index contributed by atoms with van der Waals surface area (Å²) in [6, 6.07) is 7.13. The standard InChI is InChI=1S/C21H24N2O3/c1-11-7-13(17(24)15(22)9-11)20(3-4-20)19(26)21(5-6-21)14-8-12(2)10-16(23)18(14)25/h7-10,24-25H,3-6,22-23H2,1-2H3. The van der Waals surface area contributed by atoms with Crippen LogP contribution in [0, 0.1) is 13.8 Å². The summed E-state index contributed by atoms with van der Waals surface area (Å²) in [4.78, 5) is 13.7. The van der Waals surface area contributed by atoms with Gasteiger partial charge in [0.15, 0.2) is 5.78 Å². The van der Waals surface area contributed by atoms with Gasteiger partial charge >= 0.3 is 0 Å². The van der Waals surface area contributed by atoms with Gasteiger partial charge in [-0.3, -0.25) is 4.79 Å². The fraction of sp³-hybridized carbons (Fsp3) is 0.381. The fourth-order valence-electron chi connectivity index (χ4n) is 4.29. The van der Waals surface area contributed by atoms with Crippen LogP contribution in [0.25, 0.3) is 0 Å². The molecule has 0 atom stereocenters. The van der Waals surface area contributed by atoms with E-state index in [2.05, 4.69) is 0 Å². The molecule has 2 aliphatic carbocycles. The maximum Gasteiger partial charge on any atom is 0.154 e. The zero-order valence-electron chi connectivity index (χ0n) is 15.1. The van der Waals surface area contributed by atoms with Crippen LogP contribution in [0.1, 0.15) is 47.9 Å². The summed E-state index contributed by atoms with van der Waals surface area (Å²) in [6.45, 7) is 3.81. The molecule has 6 N–H and O–H groups in total. The summed E-state index contributed by atoms with van der Waals surface area (Å²) < 4.78 is 0. The highest BCUT2D eigenvalue weighted by Crippen LogP contribution is 2.63. The third-order valence-electron chi connectivity index (χ3n) is 5.97. The van der Waals surface area contributed by atoms with Crippen molar-refractivity contribution < 1.29 is 15.0 Å². The van der Waals surface area contributed by atoms with Crippen molar-refractivity contribution in [1.29, 1.82) is 0 Å². The lowest BCUT2D eigenvalue weighted by molar-refractivity contribution is -0.124. The summed E-state index contributed by atoms with van der Waals surface area (Å²) in [7, 11) is 0. The first-order valence-corrected chi connectivity index (χ1v) is 8.95. The summed E-state index contributed by atoms with van der Waals surface area (Å²) in [5, 5.41) is 21.0. The number of ketones is 1. The average Bonchev–Trinajstić information content (AvgIpc) is 3.48. The number of anilines is 2. The van der Waals surface area contributed by atoms with Gasteiger partial charge in [0.1, 0.15) is 11.5 Å². The topological polar surface area (TPSA) is 110 Å². The molecule has 0 aromatic heterocycles. The number of hydrogen-bond donors (Lipinski definition) is 4. The molecule has 2 fully saturated rings. The van der Waals surface area contributed by atoms with Crippen LogP contribution >= 0.6 is 0 Å². The maximum absolute atomic E-state index is 13.7. The monoisotopic (exact) mass is 352 g/mol. The Kier molecular flexibility index (Phi) is 3.33. The molecule has 0 aliphatic heterocycles. The van der Waals surface area contributed by atoms with E-state index >= 15 is 0 Å². The number of nitrogens with two attached hydrogens (primary N) is 2. The van der Waals surface area contributed by atoms with E-state index in [0.717, 1.165) is 11.1 Å². The molecule has 2 saturated carbocycles. The molecule has 136 valence electrons. The van der Waals surface area contributed by atoms with E-state index in [1.54, 1.807) is 12.1 Å². The lowest BCUT2D eigenvalue weighted by Gasteiger charge is -2.25. The smallest absolute Gasteiger partial charge is 0.154 e. The minimum atomic E-state index is -0.717. The van der Waals surface area contributed by atoms with Crippen LogP contribution in [0.4, 0.5) is 11.4 Å². The molecule has 0 spiro atoms. The number of aryl methyl sites for hydroxylation is 2. The van der Waals surface area contributed by atoms with Crippen molar-refractivity contribution >= 4 is 17.2 Å². The maximum atomic E-state index is 13.7. The molecule has 2 aromatic rings. The van der Waals surface area contributed by atoms with Gasteiger partial charge in [0.2, 0.25) is 0 Å². The predicted molar refractivity (Wildman–Crippen MR) is 101 cm³/mol. The third kappa shape index (κ3) is 2.19. The van der Waals surface area contributed by atoms with Crippen LogP contribution < -0.4 is 11.5 Å². The minimum Gasteiger partial charge on any atom is -0.505 e. The third-order valence-corrected chi connectivity index (χ3v) is 5.97. The Morgan fingerprint density at radius 2 is 1.15 bits per heavy atom. The summed E-state index contributed by atoms with van der Waals surface area (Å²) in [6.07, 6.45) is 2.75. The number of aromatic hydroxyl groups is 2.